The SMILES string of the molecule is O=c1ccc(-c2ccc(OC34CC5CC(CC(C5)C3)C4)c(C(F)(F)F)c2)n[nH]1. The van der Waals surface area contributed by atoms with Crippen molar-refractivity contribution in [3.8, 4) is 17.0 Å². The molecule has 4 bridgehead atoms. The smallest absolute Gasteiger partial charge is 0.419 e. The molecule has 4 saturated carbocycles. The molecule has 6 rings (SSSR count). The van der Waals surface area contributed by atoms with Crippen molar-refractivity contribution in [1.29, 1.82) is 0 Å². The molecule has 7 heteroatoms. The molecule has 4 nitrogen and oxygen atoms in total. The van der Waals surface area contributed by atoms with Gasteiger partial charge in [0.15, 0.2) is 0 Å². The number of halogens is 3. The molecule has 0 aliphatic heterocycles. The van der Waals surface area contributed by atoms with E-state index in [0.29, 0.717) is 23.3 Å². The van der Waals surface area contributed by atoms with Crippen LogP contribution in [-0.4, -0.2) is 15.8 Å². The molecule has 148 valence electrons. The van der Waals surface area contributed by atoms with Gasteiger partial charge in [-0.15, -0.1) is 0 Å². The van der Waals surface area contributed by atoms with Crippen LogP contribution in [0.4, 0.5) is 13.2 Å². The fourth-order valence-electron chi connectivity index (χ4n) is 5.89. The summed E-state index contributed by atoms with van der Waals surface area (Å²) in [5.74, 6) is 1.67. The van der Waals surface area contributed by atoms with Gasteiger partial charge in [-0.1, -0.05) is 0 Å². The van der Waals surface area contributed by atoms with Crippen LogP contribution in [0.15, 0.2) is 35.1 Å². The number of benzene rings is 1. The third-order valence-electron chi connectivity index (χ3n) is 6.57. The molecule has 0 atom stereocenters. The van der Waals surface area contributed by atoms with Gasteiger partial charge in [-0.05, 0) is 80.5 Å². The lowest BCUT2D eigenvalue weighted by molar-refractivity contribution is -0.145. The zero-order valence-electron chi connectivity index (χ0n) is 15.3. The summed E-state index contributed by atoms with van der Waals surface area (Å²) in [6.45, 7) is 0. The van der Waals surface area contributed by atoms with Crippen molar-refractivity contribution in [2.75, 3.05) is 0 Å². The van der Waals surface area contributed by atoms with Gasteiger partial charge in [0.25, 0.3) is 5.56 Å². The summed E-state index contributed by atoms with van der Waals surface area (Å²) in [6, 6.07) is 6.70. The number of ether oxygens (including phenoxy) is 1. The van der Waals surface area contributed by atoms with Crippen LogP contribution in [0.2, 0.25) is 0 Å². The summed E-state index contributed by atoms with van der Waals surface area (Å²) in [5, 5.41) is 6.09. The van der Waals surface area contributed by atoms with E-state index in [1.54, 1.807) is 6.07 Å². The monoisotopic (exact) mass is 390 g/mol. The molecule has 1 heterocycles. The van der Waals surface area contributed by atoms with Crippen molar-refractivity contribution in [3.05, 3.63) is 46.2 Å². The highest BCUT2D eigenvalue weighted by Crippen LogP contribution is 2.57. The average molecular weight is 390 g/mol. The van der Waals surface area contributed by atoms with E-state index >= 15 is 0 Å². The van der Waals surface area contributed by atoms with Crippen LogP contribution < -0.4 is 10.3 Å². The molecule has 0 saturated heterocycles. The van der Waals surface area contributed by atoms with E-state index < -0.39 is 22.9 Å². The summed E-state index contributed by atoms with van der Waals surface area (Å²) in [4.78, 5) is 11.2. The van der Waals surface area contributed by atoms with Gasteiger partial charge in [0, 0.05) is 11.6 Å². The normalized spacial score (nSPS) is 31.2. The first-order valence-electron chi connectivity index (χ1n) is 9.76. The van der Waals surface area contributed by atoms with Crippen LogP contribution in [0.5, 0.6) is 5.75 Å². The predicted octanol–water partition coefficient (Wildman–Crippen LogP) is 4.80. The number of nitrogens with zero attached hydrogens (tertiary/aromatic N) is 1. The topological polar surface area (TPSA) is 55.0 Å². The quantitative estimate of drug-likeness (QED) is 0.819. The molecule has 4 aliphatic rings. The maximum atomic E-state index is 13.8. The number of alkyl halides is 3. The highest BCUT2D eigenvalue weighted by molar-refractivity contribution is 5.62. The van der Waals surface area contributed by atoms with Gasteiger partial charge >= 0.3 is 6.18 Å². The number of aromatic amines is 1. The van der Waals surface area contributed by atoms with Crippen molar-refractivity contribution >= 4 is 0 Å². The molecule has 0 unspecified atom stereocenters. The number of hydrogen-bond acceptors (Lipinski definition) is 3. The molecular formula is C21H21F3N2O2. The third kappa shape index (κ3) is 3.10. The van der Waals surface area contributed by atoms with E-state index in [1.807, 2.05) is 0 Å². The second-order valence-electron chi connectivity index (χ2n) is 8.72. The van der Waals surface area contributed by atoms with Crippen molar-refractivity contribution in [2.45, 2.75) is 50.3 Å². The van der Waals surface area contributed by atoms with E-state index in [2.05, 4.69) is 10.2 Å². The van der Waals surface area contributed by atoms with Crippen LogP contribution in [-0.2, 0) is 6.18 Å². The Bertz CT molecular complexity index is 911. The number of H-pyrrole nitrogens is 1. The van der Waals surface area contributed by atoms with Crippen LogP contribution in [0.25, 0.3) is 11.3 Å². The molecule has 1 aromatic carbocycles. The largest absolute Gasteiger partial charge is 0.487 e. The number of hydrogen-bond donors (Lipinski definition) is 1. The van der Waals surface area contributed by atoms with E-state index in [-0.39, 0.29) is 11.4 Å². The van der Waals surface area contributed by atoms with Gasteiger partial charge in [0.1, 0.15) is 11.4 Å². The first-order chi connectivity index (χ1) is 13.3. The second-order valence-corrected chi connectivity index (χ2v) is 8.72. The highest BCUT2D eigenvalue weighted by atomic mass is 19.4. The molecule has 0 radical (unpaired) electrons. The Morgan fingerprint density at radius 2 is 1.64 bits per heavy atom. The van der Waals surface area contributed by atoms with Gasteiger partial charge in [-0.25, -0.2) is 5.10 Å². The number of rotatable bonds is 3. The van der Waals surface area contributed by atoms with Gasteiger partial charge in [0.2, 0.25) is 0 Å². The minimum absolute atomic E-state index is 0.0948. The summed E-state index contributed by atoms with van der Waals surface area (Å²) >= 11 is 0. The predicted molar refractivity (Wildman–Crippen MR) is 96.8 cm³/mol. The zero-order valence-corrected chi connectivity index (χ0v) is 15.3. The van der Waals surface area contributed by atoms with E-state index in [1.165, 1.54) is 37.5 Å². The van der Waals surface area contributed by atoms with Crippen LogP contribution >= 0.6 is 0 Å². The van der Waals surface area contributed by atoms with Gasteiger partial charge in [-0.3, -0.25) is 4.79 Å². The van der Waals surface area contributed by atoms with Crippen molar-refractivity contribution in [1.82, 2.24) is 10.2 Å². The Morgan fingerprint density at radius 3 is 2.18 bits per heavy atom. The Kier molecular flexibility index (Phi) is 3.87. The average Bonchev–Trinajstić information content (AvgIpc) is 2.60. The van der Waals surface area contributed by atoms with Crippen molar-refractivity contribution in [3.63, 3.8) is 0 Å². The summed E-state index contributed by atoms with van der Waals surface area (Å²) in [5.41, 5.74) is -1.06. The lowest BCUT2D eigenvalue weighted by Gasteiger charge is -2.56. The van der Waals surface area contributed by atoms with Crippen LogP contribution in [0, 0.1) is 17.8 Å². The Hall–Kier alpha value is -2.31. The lowest BCUT2D eigenvalue weighted by Crippen LogP contribution is -2.53. The van der Waals surface area contributed by atoms with E-state index in [0.717, 1.165) is 25.3 Å². The van der Waals surface area contributed by atoms with E-state index in [9.17, 15) is 18.0 Å². The fourth-order valence-corrected chi connectivity index (χ4v) is 5.89. The third-order valence-corrected chi connectivity index (χ3v) is 6.57. The second kappa shape index (κ2) is 6.09. The minimum atomic E-state index is -4.53. The number of aromatic nitrogens is 2. The van der Waals surface area contributed by atoms with Gasteiger partial charge in [0.05, 0.1) is 11.3 Å². The van der Waals surface area contributed by atoms with Crippen molar-refractivity contribution in [2.24, 2.45) is 17.8 Å². The first-order valence-corrected chi connectivity index (χ1v) is 9.76. The zero-order chi connectivity index (χ0) is 19.5. The molecule has 2 aromatic rings. The highest BCUT2D eigenvalue weighted by Gasteiger charge is 2.53. The Balaban J connectivity index is 1.51. The Morgan fingerprint density at radius 1 is 1.00 bits per heavy atom. The summed E-state index contributed by atoms with van der Waals surface area (Å²) < 4.78 is 47.6. The molecule has 0 amide bonds. The molecular weight excluding hydrogens is 369 g/mol. The lowest BCUT2D eigenvalue weighted by atomic mass is 9.54. The van der Waals surface area contributed by atoms with Gasteiger partial charge < -0.3 is 4.74 Å². The standard InChI is InChI=1S/C21H21F3N2O2/c22-21(23,24)16-8-15(17-2-4-19(27)26-25-17)1-3-18(16)28-20-9-12-5-13(10-20)7-14(6-12)11-20/h1-4,8,12-14H,5-7,9-11H2,(H,26,27). The molecule has 4 aliphatic carbocycles. The summed E-state index contributed by atoms with van der Waals surface area (Å²) in [7, 11) is 0. The molecule has 28 heavy (non-hydrogen) atoms. The Labute approximate surface area is 160 Å². The maximum absolute atomic E-state index is 13.8. The van der Waals surface area contributed by atoms with Gasteiger partial charge in [-0.2, -0.15) is 18.3 Å². The van der Waals surface area contributed by atoms with Crippen LogP contribution in [0.3, 0.4) is 0 Å². The molecule has 1 N–H and O–H groups in total. The fraction of sp³-hybridized carbons (Fsp3) is 0.524. The maximum Gasteiger partial charge on any atom is 0.419 e. The van der Waals surface area contributed by atoms with Crippen LogP contribution in [0.1, 0.15) is 44.1 Å². The number of nitrogens with one attached hydrogen (secondary N) is 1. The van der Waals surface area contributed by atoms with Crippen molar-refractivity contribution < 1.29 is 17.9 Å². The molecule has 0 spiro atoms. The molecule has 4 fully saturated rings. The van der Waals surface area contributed by atoms with E-state index in [4.69, 9.17) is 4.74 Å². The molecule has 1 aromatic heterocycles. The minimum Gasteiger partial charge on any atom is -0.487 e. The summed E-state index contributed by atoms with van der Waals surface area (Å²) in [6.07, 6.45) is 1.65. The first kappa shape index (κ1) is 17.8.